The van der Waals surface area contributed by atoms with E-state index in [-0.39, 0.29) is 5.91 Å². The first-order valence-corrected chi connectivity index (χ1v) is 7.62. The first kappa shape index (κ1) is 15.9. The number of carbonyl (C=O) groups is 1. The molecule has 0 radical (unpaired) electrons. The fourth-order valence-corrected chi connectivity index (χ4v) is 2.27. The van der Waals surface area contributed by atoms with Crippen molar-refractivity contribution < 1.29 is 9.53 Å². The maximum atomic E-state index is 12.1. The predicted octanol–water partition coefficient (Wildman–Crippen LogP) is 4.82. The SMILES string of the molecule is Cc1ccc(NC(=O)[C@H](C)Oc2cccc(Br)c2)cc1Cl. The van der Waals surface area contributed by atoms with Crippen LogP contribution < -0.4 is 10.1 Å². The molecule has 0 aliphatic rings. The van der Waals surface area contributed by atoms with Gasteiger partial charge >= 0.3 is 0 Å². The minimum Gasteiger partial charge on any atom is -0.481 e. The molecule has 0 saturated carbocycles. The second-order valence-corrected chi connectivity index (χ2v) is 5.99. The van der Waals surface area contributed by atoms with Crippen LogP contribution in [0, 0.1) is 6.92 Å². The first-order chi connectivity index (χ1) is 9.95. The molecule has 5 heteroatoms. The van der Waals surface area contributed by atoms with Crippen molar-refractivity contribution in [3.8, 4) is 5.75 Å². The molecule has 0 aliphatic carbocycles. The van der Waals surface area contributed by atoms with Gasteiger partial charge in [0, 0.05) is 15.2 Å². The van der Waals surface area contributed by atoms with Gasteiger partial charge in [0.1, 0.15) is 5.75 Å². The van der Waals surface area contributed by atoms with Crippen molar-refractivity contribution in [2.24, 2.45) is 0 Å². The summed E-state index contributed by atoms with van der Waals surface area (Å²) >= 11 is 9.40. The van der Waals surface area contributed by atoms with Crippen molar-refractivity contribution in [2.75, 3.05) is 5.32 Å². The second-order valence-electron chi connectivity index (χ2n) is 4.67. The predicted molar refractivity (Wildman–Crippen MR) is 89.1 cm³/mol. The zero-order valence-corrected chi connectivity index (χ0v) is 14.0. The lowest BCUT2D eigenvalue weighted by molar-refractivity contribution is -0.122. The zero-order chi connectivity index (χ0) is 15.4. The number of hydrogen-bond acceptors (Lipinski definition) is 2. The van der Waals surface area contributed by atoms with Crippen LogP contribution in [0.25, 0.3) is 0 Å². The monoisotopic (exact) mass is 367 g/mol. The summed E-state index contributed by atoms with van der Waals surface area (Å²) in [6.45, 7) is 3.61. The normalized spacial score (nSPS) is 11.8. The maximum Gasteiger partial charge on any atom is 0.265 e. The number of benzene rings is 2. The molecule has 2 rings (SSSR count). The summed E-state index contributed by atoms with van der Waals surface area (Å²) in [5.74, 6) is 0.406. The molecule has 0 fully saturated rings. The summed E-state index contributed by atoms with van der Waals surface area (Å²) in [5, 5.41) is 3.40. The van der Waals surface area contributed by atoms with E-state index in [0.29, 0.717) is 16.5 Å². The molecule has 21 heavy (non-hydrogen) atoms. The van der Waals surface area contributed by atoms with E-state index in [4.69, 9.17) is 16.3 Å². The lowest BCUT2D eigenvalue weighted by atomic mass is 10.2. The van der Waals surface area contributed by atoms with Gasteiger partial charge < -0.3 is 10.1 Å². The van der Waals surface area contributed by atoms with Crippen molar-refractivity contribution in [1.82, 2.24) is 0 Å². The number of anilines is 1. The Morgan fingerprint density at radius 1 is 1.29 bits per heavy atom. The van der Waals surface area contributed by atoms with Gasteiger partial charge in [0.25, 0.3) is 5.91 Å². The molecule has 2 aromatic rings. The van der Waals surface area contributed by atoms with Gasteiger partial charge in [-0.25, -0.2) is 0 Å². The molecular formula is C16H15BrClNO2. The second kappa shape index (κ2) is 6.96. The number of aryl methyl sites for hydroxylation is 1. The zero-order valence-electron chi connectivity index (χ0n) is 11.7. The van der Waals surface area contributed by atoms with Gasteiger partial charge in [-0.05, 0) is 49.7 Å². The molecule has 0 heterocycles. The minimum atomic E-state index is -0.612. The Kier molecular flexibility index (Phi) is 5.26. The van der Waals surface area contributed by atoms with E-state index >= 15 is 0 Å². The van der Waals surface area contributed by atoms with E-state index < -0.39 is 6.10 Å². The topological polar surface area (TPSA) is 38.3 Å². The van der Waals surface area contributed by atoms with E-state index in [2.05, 4.69) is 21.2 Å². The molecule has 3 nitrogen and oxygen atoms in total. The summed E-state index contributed by atoms with van der Waals surface area (Å²) in [4.78, 5) is 12.1. The van der Waals surface area contributed by atoms with Gasteiger partial charge in [0.15, 0.2) is 6.10 Å². The third kappa shape index (κ3) is 4.48. The highest BCUT2D eigenvalue weighted by molar-refractivity contribution is 9.10. The van der Waals surface area contributed by atoms with Crippen LogP contribution in [0.2, 0.25) is 5.02 Å². The van der Waals surface area contributed by atoms with E-state index in [1.165, 1.54) is 0 Å². The smallest absolute Gasteiger partial charge is 0.265 e. The Morgan fingerprint density at radius 3 is 2.71 bits per heavy atom. The van der Waals surface area contributed by atoms with Gasteiger partial charge in [-0.3, -0.25) is 4.79 Å². The van der Waals surface area contributed by atoms with Gasteiger partial charge in [-0.1, -0.05) is 39.7 Å². The number of hydrogen-bond donors (Lipinski definition) is 1. The fourth-order valence-electron chi connectivity index (χ4n) is 1.71. The van der Waals surface area contributed by atoms with Gasteiger partial charge in [-0.2, -0.15) is 0 Å². The maximum absolute atomic E-state index is 12.1. The van der Waals surface area contributed by atoms with Crippen LogP contribution in [0.4, 0.5) is 5.69 Å². The Morgan fingerprint density at radius 2 is 2.05 bits per heavy atom. The average molecular weight is 369 g/mol. The third-order valence-electron chi connectivity index (χ3n) is 2.92. The molecule has 2 aromatic carbocycles. The van der Waals surface area contributed by atoms with E-state index in [1.807, 2.05) is 37.3 Å². The van der Waals surface area contributed by atoms with E-state index in [0.717, 1.165) is 10.0 Å². The highest BCUT2D eigenvalue weighted by Gasteiger charge is 2.15. The highest BCUT2D eigenvalue weighted by atomic mass is 79.9. The van der Waals surface area contributed by atoms with Crippen molar-refractivity contribution in [2.45, 2.75) is 20.0 Å². The van der Waals surface area contributed by atoms with Gasteiger partial charge in [0.05, 0.1) is 0 Å². The van der Waals surface area contributed by atoms with E-state index in [9.17, 15) is 4.79 Å². The lowest BCUT2D eigenvalue weighted by Gasteiger charge is -2.15. The Bertz CT molecular complexity index is 660. The Balaban J connectivity index is 2.00. The van der Waals surface area contributed by atoms with Crippen LogP contribution in [0.3, 0.4) is 0 Å². The molecule has 0 spiro atoms. The lowest BCUT2D eigenvalue weighted by Crippen LogP contribution is -2.30. The average Bonchev–Trinajstić information content (AvgIpc) is 2.43. The van der Waals surface area contributed by atoms with Crippen molar-refractivity contribution in [1.29, 1.82) is 0 Å². The van der Waals surface area contributed by atoms with Crippen LogP contribution in [0.1, 0.15) is 12.5 Å². The van der Waals surface area contributed by atoms with Crippen LogP contribution in [0.5, 0.6) is 5.75 Å². The van der Waals surface area contributed by atoms with E-state index in [1.54, 1.807) is 19.1 Å². The number of amides is 1. The molecule has 0 aliphatic heterocycles. The summed E-state index contributed by atoms with van der Waals surface area (Å²) in [7, 11) is 0. The number of ether oxygens (including phenoxy) is 1. The molecule has 1 N–H and O–H groups in total. The number of carbonyl (C=O) groups excluding carboxylic acids is 1. The van der Waals surface area contributed by atoms with Crippen LogP contribution in [-0.4, -0.2) is 12.0 Å². The van der Waals surface area contributed by atoms with Crippen molar-refractivity contribution in [3.63, 3.8) is 0 Å². The number of rotatable bonds is 4. The van der Waals surface area contributed by atoms with Crippen LogP contribution in [0.15, 0.2) is 46.9 Å². The Labute approximate surface area is 137 Å². The van der Waals surface area contributed by atoms with Crippen molar-refractivity contribution in [3.05, 3.63) is 57.5 Å². The van der Waals surface area contributed by atoms with Gasteiger partial charge in [0.2, 0.25) is 0 Å². The summed E-state index contributed by atoms with van der Waals surface area (Å²) in [5.41, 5.74) is 1.62. The van der Waals surface area contributed by atoms with Crippen LogP contribution in [-0.2, 0) is 4.79 Å². The summed E-state index contributed by atoms with van der Waals surface area (Å²) in [6.07, 6.45) is -0.612. The summed E-state index contributed by atoms with van der Waals surface area (Å²) in [6, 6.07) is 12.8. The van der Waals surface area contributed by atoms with Crippen LogP contribution >= 0.6 is 27.5 Å². The quantitative estimate of drug-likeness (QED) is 0.840. The molecule has 1 amide bonds. The largest absolute Gasteiger partial charge is 0.481 e. The van der Waals surface area contributed by atoms with Gasteiger partial charge in [-0.15, -0.1) is 0 Å². The molecule has 0 unspecified atom stereocenters. The standard InChI is InChI=1S/C16H15BrClNO2/c1-10-6-7-13(9-15(10)18)19-16(20)11(2)21-14-5-3-4-12(17)8-14/h3-9,11H,1-2H3,(H,19,20)/t11-/m0/s1. The summed E-state index contributed by atoms with van der Waals surface area (Å²) < 4.78 is 6.51. The molecule has 0 bridgehead atoms. The fraction of sp³-hybridized carbons (Fsp3) is 0.188. The number of halogens is 2. The molecule has 0 aromatic heterocycles. The number of nitrogens with one attached hydrogen (secondary N) is 1. The molecule has 0 saturated heterocycles. The minimum absolute atomic E-state index is 0.227. The molecular weight excluding hydrogens is 354 g/mol. The highest BCUT2D eigenvalue weighted by Crippen LogP contribution is 2.21. The Hall–Kier alpha value is -1.52. The van der Waals surface area contributed by atoms with Crippen molar-refractivity contribution >= 4 is 39.1 Å². The molecule has 110 valence electrons. The first-order valence-electron chi connectivity index (χ1n) is 6.45. The molecule has 1 atom stereocenters. The third-order valence-corrected chi connectivity index (χ3v) is 3.82.